The molecule has 0 aliphatic heterocycles. The quantitative estimate of drug-likeness (QED) is 0.0788. The van der Waals surface area contributed by atoms with E-state index in [9.17, 15) is 19.2 Å². The van der Waals surface area contributed by atoms with Crippen molar-refractivity contribution in [3.8, 4) is 32.4 Å². The number of rotatable bonds is 14. The predicted molar refractivity (Wildman–Crippen MR) is 228 cm³/mol. The van der Waals surface area contributed by atoms with Gasteiger partial charge in [-0.05, 0) is 128 Å². The number of methoxy groups -OCH3 is 2. The van der Waals surface area contributed by atoms with Gasteiger partial charge in [-0.15, -0.1) is 22.7 Å². The van der Waals surface area contributed by atoms with Gasteiger partial charge in [0, 0.05) is 30.9 Å². The first-order valence-corrected chi connectivity index (χ1v) is 20.3. The van der Waals surface area contributed by atoms with Crippen molar-refractivity contribution in [2.75, 3.05) is 27.4 Å². The lowest BCUT2D eigenvalue weighted by molar-refractivity contribution is -0.144. The zero-order valence-corrected chi connectivity index (χ0v) is 35.1. The fourth-order valence-electron chi connectivity index (χ4n) is 5.71. The van der Waals surface area contributed by atoms with Crippen molar-refractivity contribution < 1.29 is 38.1 Å². The third kappa shape index (κ3) is 11.0. The van der Waals surface area contributed by atoms with E-state index in [0.29, 0.717) is 55.6 Å². The standard InChI is InChI=1S/C23H21ClO4S.C22H19ClO4S/c1-4-28-23(26)14(2)19-13-20(21(25)15-7-11-18(27-3)12-8-15)29-22(19)16-5-9-17(24)10-6-16;1-3-27-20(24)13-16-12-19(21(25)14-6-10-18(26-2)11-7-14)28-22(16)15-4-8-17(23)9-5-15/h5-14H,4H2,1-3H3;4-12H,3,13H2,1-2H3. The van der Waals surface area contributed by atoms with Gasteiger partial charge in [0.25, 0.3) is 0 Å². The second kappa shape index (κ2) is 20.2. The van der Waals surface area contributed by atoms with Crippen molar-refractivity contribution in [3.05, 3.63) is 151 Å². The molecule has 294 valence electrons. The van der Waals surface area contributed by atoms with E-state index < -0.39 is 5.92 Å². The maximum Gasteiger partial charge on any atom is 0.313 e. The SMILES string of the molecule is CCOC(=O)C(C)c1cc(C(=O)c2ccc(OC)cc2)sc1-c1ccc(Cl)cc1.CCOC(=O)Cc1cc(C(=O)c2ccc(OC)cc2)sc1-c1ccc(Cl)cc1. The summed E-state index contributed by atoms with van der Waals surface area (Å²) >= 11 is 14.7. The predicted octanol–water partition coefficient (Wildman–Crippen LogP) is 11.4. The number of hydrogen-bond donors (Lipinski definition) is 0. The Labute approximate surface area is 349 Å². The summed E-state index contributed by atoms with van der Waals surface area (Å²) in [6.07, 6.45) is 0.109. The molecule has 0 fully saturated rings. The van der Waals surface area contributed by atoms with Crippen molar-refractivity contribution in [1.82, 2.24) is 0 Å². The third-order valence-corrected chi connectivity index (χ3v) is 11.6. The second-order valence-electron chi connectivity index (χ2n) is 12.4. The van der Waals surface area contributed by atoms with E-state index in [0.717, 1.165) is 32.0 Å². The normalized spacial score (nSPS) is 11.1. The molecule has 6 rings (SSSR count). The van der Waals surface area contributed by atoms with Gasteiger partial charge >= 0.3 is 11.9 Å². The highest BCUT2D eigenvalue weighted by atomic mass is 35.5. The molecule has 0 N–H and O–H groups in total. The van der Waals surface area contributed by atoms with Gasteiger partial charge in [-0.1, -0.05) is 47.5 Å². The lowest BCUT2D eigenvalue weighted by Gasteiger charge is -2.11. The molecule has 4 aromatic carbocycles. The molecule has 2 heterocycles. The van der Waals surface area contributed by atoms with Crippen molar-refractivity contribution in [2.24, 2.45) is 0 Å². The van der Waals surface area contributed by atoms with Crippen LogP contribution >= 0.6 is 45.9 Å². The summed E-state index contributed by atoms with van der Waals surface area (Å²) in [5, 5.41) is 1.25. The van der Waals surface area contributed by atoms with Gasteiger partial charge in [0.2, 0.25) is 11.6 Å². The maximum atomic E-state index is 13.0. The summed E-state index contributed by atoms with van der Waals surface area (Å²) in [5.74, 6) is 0.0455. The molecule has 0 saturated carbocycles. The molecular weight excluding hydrogens is 804 g/mol. The number of benzene rings is 4. The molecule has 0 aliphatic rings. The maximum absolute atomic E-state index is 13.0. The summed E-state index contributed by atoms with van der Waals surface area (Å²) < 4.78 is 20.6. The average Bonchev–Trinajstić information content (AvgIpc) is 3.86. The number of esters is 2. The molecule has 6 aromatic rings. The van der Waals surface area contributed by atoms with Crippen LogP contribution in [0.4, 0.5) is 0 Å². The van der Waals surface area contributed by atoms with E-state index >= 15 is 0 Å². The number of carbonyl (C=O) groups is 4. The first-order chi connectivity index (χ1) is 27.5. The highest BCUT2D eigenvalue weighted by Gasteiger charge is 2.26. The van der Waals surface area contributed by atoms with Gasteiger partial charge in [0.15, 0.2) is 0 Å². The van der Waals surface area contributed by atoms with Crippen LogP contribution in [0.2, 0.25) is 10.0 Å². The molecular formula is C45H40Cl2O8S2. The van der Waals surface area contributed by atoms with E-state index in [1.54, 1.807) is 120 Å². The Kier molecular flexibility index (Phi) is 15.2. The van der Waals surface area contributed by atoms with Crippen LogP contribution in [0, 0.1) is 0 Å². The number of halogens is 2. The molecule has 0 saturated heterocycles. The van der Waals surface area contributed by atoms with Crippen molar-refractivity contribution in [2.45, 2.75) is 33.1 Å². The number of ketones is 2. The van der Waals surface area contributed by atoms with Crippen LogP contribution in [0.3, 0.4) is 0 Å². The van der Waals surface area contributed by atoms with Gasteiger partial charge in [-0.2, -0.15) is 0 Å². The fraction of sp³-hybridized carbons (Fsp3) is 0.200. The monoisotopic (exact) mass is 842 g/mol. The molecule has 1 atom stereocenters. The summed E-state index contributed by atoms with van der Waals surface area (Å²) in [6.45, 7) is 5.96. The minimum Gasteiger partial charge on any atom is -0.497 e. The van der Waals surface area contributed by atoms with Gasteiger partial charge in [-0.3, -0.25) is 19.2 Å². The zero-order chi connectivity index (χ0) is 41.1. The highest BCUT2D eigenvalue weighted by molar-refractivity contribution is 7.18. The molecule has 0 spiro atoms. The van der Waals surface area contributed by atoms with E-state index in [1.165, 1.54) is 22.7 Å². The van der Waals surface area contributed by atoms with E-state index in [2.05, 4.69) is 0 Å². The topological polar surface area (TPSA) is 105 Å². The lowest BCUT2D eigenvalue weighted by atomic mass is 9.97. The number of hydrogen-bond acceptors (Lipinski definition) is 10. The second-order valence-corrected chi connectivity index (χ2v) is 15.4. The van der Waals surface area contributed by atoms with Crippen LogP contribution in [0.1, 0.15) is 68.3 Å². The summed E-state index contributed by atoms with van der Waals surface area (Å²) in [6, 6.07) is 32.2. The van der Waals surface area contributed by atoms with Crippen molar-refractivity contribution in [3.63, 3.8) is 0 Å². The lowest BCUT2D eigenvalue weighted by Crippen LogP contribution is -2.13. The van der Waals surface area contributed by atoms with E-state index in [-0.39, 0.29) is 29.9 Å². The number of carbonyl (C=O) groups excluding carboxylic acids is 4. The van der Waals surface area contributed by atoms with Crippen LogP contribution in [-0.2, 0) is 25.5 Å². The Morgan fingerprint density at radius 2 is 1.04 bits per heavy atom. The van der Waals surface area contributed by atoms with Crippen LogP contribution < -0.4 is 9.47 Å². The van der Waals surface area contributed by atoms with Gasteiger partial charge in [0.1, 0.15) is 11.5 Å². The van der Waals surface area contributed by atoms with Crippen LogP contribution in [0.25, 0.3) is 20.9 Å². The Bertz CT molecular complexity index is 2310. The molecule has 0 amide bonds. The van der Waals surface area contributed by atoms with Crippen molar-refractivity contribution >= 4 is 69.4 Å². The first kappa shape index (κ1) is 42.9. The van der Waals surface area contributed by atoms with Crippen molar-refractivity contribution in [1.29, 1.82) is 0 Å². The molecule has 8 nitrogen and oxygen atoms in total. The molecule has 0 aliphatic carbocycles. The van der Waals surface area contributed by atoms with Crippen LogP contribution in [0.5, 0.6) is 11.5 Å². The smallest absolute Gasteiger partial charge is 0.313 e. The van der Waals surface area contributed by atoms with Gasteiger partial charge in [0.05, 0.1) is 49.5 Å². The van der Waals surface area contributed by atoms with Gasteiger partial charge < -0.3 is 18.9 Å². The summed E-state index contributed by atoms with van der Waals surface area (Å²) in [5.41, 5.74) is 4.47. The highest BCUT2D eigenvalue weighted by Crippen LogP contribution is 2.39. The van der Waals surface area contributed by atoms with Crippen LogP contribution in [0.15, 0.2) is 109 Å². The fourth-order valence-corrected chi connectivity index (χ4v) is 8.34. The Hall–Kier alpha value is -5.26. The minimum absolute atomic E-state index is 0.0991. The molecule has 12 heteroatoms. The molecule has 0 bridgehead atoms. The third-order valence-electron chi connectivity index (χ3n) is 8.68. The Morgan fingerprint density at radius 1 is 0.596 bits per heavy atom. The molecule has 1 unspecified atom stereocenters. The van der Waals surface area contributed by atoms with Gasteiger partial charge in [-0.25, -0.2) is 0 Å². The first-order valence-electron chi connectivity index (χ1n) is 17.9. The minimum atomic E-state index is -0.491. The number of thiophene rings is 2. The average molecular weight is 844 g/mol. The summed E-state index contributed by atoms with van der Waals surface area (Å²) in [4.78, 5) is 53.2. The molecule has 57 heavy (non-hydrogen) atoms. The Balaban J connectivity index is 0.000000218. The Morgan fingerprint density at radius 3 is 1.49 bits per heavy atom. The number of ether oxygens (including phenoxy) is 4. The van der Waals surface area contributed by atoms with Crippen LogP contribution in [-0.4, -0.2) is 50.9 Å². The summed E-state index contributed by atoms with van der Waals surface area (Å²) in [7, 11) is 3.16. The zero-order valence-electron chi connectivity index (χ0n) is 31.9. The molecule has 2 aromatic heterocycles. The van der Waals surface area contributed by atoms with E-state index in [4.69, 9.17) is 42.1 Å². The van der Waals surface area contributed by atoms with E-state index in [1.807, 2.05) is 24.3 Å². The largest absolute Gasteiger partial charge is 0.497 e. The molecule has 0 radical (unpaired) electrons.